The average Bonchev–Trinajstić information content (AvgIpc) is 3.71. The molecule has 42 heavy (non-hydrogen) atoms. The monoisotopic (exact) mass is 732 g/mol. The lowest BCUT2D eigenvalue weighted by molar-refractivity contribution is -0.141. The van der Waals surface area contributed by atoms with Gasteiger partial charge in [-0.05, 0) is 49.4 Å². The summed E-state index contributed by atoms with van der Waals surface area (Å²) < 4.78 is 77.9. The van der Waals surface area contributed by atoms with Gasteiger partial charge in [0, 0.05) is 54.4 Å². The first-order chi connectivity index (χ1) is 19.4. The van der Waals surface area contributed by atoms with E-state index in [1.807, 2.05) is 22.6 Å². The molecule has 1 aromatic heterocycles. The molecule has 4 rings (SSSR count). The zero-order chi connectivity index (χ0) is 31.0. The van der Waals surface area contributed by atoms with Gasteiger partial charge in [0.2, 0.25) is 5.91 Å². The van der Waals surface area contributed by atoms with Crippen molar-refractivity contribution < 1.29 is 35.9 Å². The van der Waals surface area contributed by atoms with Crippen molar-refractivity contribution in [2.24, 2.45) is 11.7 Å². The van der Waals surface area contributed by atoms with Crippen molar-refractivity contribution in [1.29, 1.82) is 0 Å². The Morgan fingerprint density at radius 3 is 2.40 bits per heavy atom. The van der Waals surface area contributed by atoms with Crippen LogP contribution in [0, 0.1) is 5.92 Å². The van der Waals surface area contributed by atoms with Gasteiger partial charge in [0.05, 0.1) is 11.1 Å². The third-order valence-electron chi connectivity index (χ3n) is 7.03. The molecule has 1 saturated heterocycles. The number of halogens is 8. The standard InChI is InChI=1S/C26H28ClF6IN6O2/c1-13(41)40-10-16(37-21-8-22(26(31,32)33)39-20-5-4-15(27)6-18(20)21)7-17(11-40)38-23(42)19(9-36-12-24(28,29)30)25(34,35)14-2-3-14/h4-6,8-9,14,16-17,36H,2-3,7,10-12,35H2,1H3,(H,37,39)(H,38,42)/b19-9-/t16-,17+,25?/m1/s1. The van der Waals surface area contributed by atoms with E-state index in [1.165, 1.54) is 30.0 Å². The predicted molar refractivity (Wildman–Crippen MR) is 154 cm³/mol. The van der Waals surface area contributed by atoms with Crippen LogP contribution in [0.3, 0.4) is 0 Å². The van der Waals surface area contributed by atoms with E-state index < -0.39 is 46.1 Å². The maximum absolute atomic E-state index is 13.6. The molecule has 0 radical (unpaired) electrons. The fraction of sp³-hybridized carbons (Fsp3) is 0.500. The van der Waals surface area contributed by atoms with Crippen LogP contribution < -0.4 is 21.7 Å². The van der Waals surface area contributed by atoms with E-state index >= 15 is 0 Å². The number of hydrogen-bond acceptors (Lipinski definition) is 6. The van der Waals surface area contributed by atoms with Crippen LogP contribution in [0.4, 0.5) is 32.0 Å². The smallest absolute Gasteiger partial charge is 0.382 e. The second-order valence-corrected chi connectivity index (χ2v) is 12.7. The van der Waals surface area contributed by atoms with Gasteiger partial charge in [0.25, 0.3) is 5.91 Å². The minimum absolute atomic E-state index is 0.0587. The van der Waals surface area contributed by atoms with Crippen LogP contribution >= 0.6 is 34.2 Å². The highest BCUT2D eigenvalue weighted by molar-refractivity contribution is 14.1. The topological polar surface area (TPSA) is 112 Å². The Hall–Kier alpha value is -2.53. The molecule has 3 atom stereocenters. The number of anilines is 1. The molecule has 0 spiro atoms. The first kappa shape index (κ1) is 32.4. The van der Waals surface area contributed by atoms with Crippen LogP contribution in [-0.4, -0.2) is 63.1 Å². The van der Waals surface area contributed by atoms with E-state index in [0.29, 0.717) is 18.2 Å². The minimum Gasteiger partial charge on any atom is -0.382 e. The number of amides is 2. The van der Waals surface area contributed by atoms with Crippen molar-refractivity contribution in [1.82, 2.24) is 20.5 Å². The van der Waals surface area contributed by atoms with Crippen molar-refractivity contribution >= 4 is 62.6 Å². The van der Waals surface area contributed by atoms with E-state index in [4.69, 9.17) is 17.3 Å². The zero-order valence-electron chi connectivity index (χ0n) is 22.2. The van der Waals surface area contributed by atoms with Gasteiger partial charge in [-0.2, -0.15) is 26.3 Å². The van der Waals surface area contributed by atoms with Crippen molar-refractivity contribution in [3.8, 4) is 0 Å². The maximum atomic E-state index is 13.6. The van der Waals surface area contributed by atoms with Gasteiger partial charge in [-0.25, -0.2) is 4.98 Å². The van der Waals surface area contributed by atoms with Crippen LogP contribution in [0.25, 0.3) is 10.9 Å². The number of carbonyl (C=O) groups excluding carboxylic acids is 2. The van der Waals surface area contributed by atoms with Gasteiger partial charge in [0.15, 0.2) is 0 Å². The van der Waals surface area contributed by atoms with Gasteiger partial charge in [-0.1, -0.05) is 34.2 Å². The number of nitrogens with one attached hydrogen (secondary N) is 3. The van der Waals surface area contributed by atoms with Crippen LogP contribution in [-0.2, 0) is 15.8 Å². The first-order valence-electron chi connectivity index (χ1n) is 12.9. The normalized spacial score (nSPS) is 21.6. The maximum Gasteiger partial charge on any atom is 0.433 e. The quantitative estimate of drug-likeness (QED) is 0.101. The van der Waals surface area contributed by atoms with Gasteiger partial charge in [-0.15, -0.1) is 0 Å². The lowest BCUT2D eigenvalue weighted by Gasteiger charge is -2.39. The Morgan fingerprint density at radius 2 is 1.81 bits per heavy atom. The number of likely N-dealkylation sites (tertiary alicyclic amines) is 1. The molecule has 2 aliphatic rings. The molecular weight excluding hydrogens is 705 g/mol. The van der Waals surface area contributed by atoms with Crippen molar-refractivity contribution in [3.05, 3.63) is 46.8 Å². The number of alkyl halides is 7. The Labute approximate surface area is 255 Å². The molecular formula is C26H28ClF6IN6O2. The SMILES string of the molecule is CC(=O)N1C[C@@H](NC(=O)/C(=C/NCC(F)(F)F)C(N)(I)C2CC2)C[C@@H](Nc2cc(C(F)(F)F)nc3ccc(Cl)cc23)C1. The number of benzene rings is 1. The fourth-order valence-electron chi connectivity index (χ4n) is 4.85. The number of hydrogen-bond donors (Lipinski definition) is 4. The summed E-state index contributed by atoms with van der Waals surface area (Å²) in [7, 11) is 0. The summed E-state index contributed by atoms with van der Waals surface area (Å²) in [6.07, 6.45) is -6.66. The third-order valence-corrected chi connectivity index (χ3v) is 8.73. The number of nitrogens with two attached hydrogens (primary N) is 1. The highest BCUT2D eigenvalue weighted by Gasteiger charge is 2.46. The van der Waals surface area contributed by atoms with E-state index in [9.17, 15) is 35.9 Å². The molecule has 2 fully saturated rings. The molecule has 2 heterocycles. The Bertz CT molecular complexity index is 1380. The number of aromatic nitrogens is 1. The van der Waals surface area contributed by atoms with Crippen LogP contribution in [0.15, 0.2) is 36.0 Å². The molecule has 16 heteroatoms. The molecule has 1 aliphatic carbocycles. The van der Waals surface area contributed by atoms with Crippen molar-refractivity contribution in [2.75, 3.05) is 25.0 Å². The van der Waals surface area contributed by atoms with Crippen LogP contribution in [0.5, 0.6) is 0 Å². The lowest BCUT2D eigenvalue weighted by Crippen LogP contribution is -2.57. The number of nitrogens with zero attached hydrogens (tertiary/aromatic N) is 2. The fourth-order valence-corrected chi connectivity index (χ4v) is 6.05. The summed E-state index contributed by atoms with van der Waals surface area (Å²) in [5.74, 6) is -1.14. The van der Waals surface area contributed by atoms with E-state index in [1.54, 1.807) is 0 Å². The second-order valence-electron chi connectivity index (χ2n) is 10.5. The molecule has 1 unspecified atom stereocenters. The number of piperidine rings is 1. The van der Waals surface area contributed by atoms with Gasteiger partial charge >= 0.3 is 12.4 Å². The summed E-state index contributed by atoms with van der Waals surface area (Å²) in [4.78, 5) is 30.9. The second kappa shape index (κ2) is 12.2. The lowest BCUT2D eigenvalue weighted by atomic mass is 9.98. The number of carbonyl (C=O) groups is 2. The highest BCUT2D eigenvalue weighted by Crippen LogP contribution is 2.46. The Morgan fingerprint density at radius 1 is 1.14 bits per heavy atom. The summed E-state index contributed by atoms with van der Waals surface area (Å²) >= 11 is 7.96. The largest absolute Gasteiger partial charge is 0.433 e. The third kappa shape index (κ3) is 8.09. The Balaban J connectivity index is 1.59. The van der Waals surface area contributed by atoms with Gasteiger partial charge < -0.3 is 26.6 Å². The molecule has 1 aliphatic heterocycles. The number of rotatable bonds is 8. The minimum atomic E-state index is -4.72. The highest BCUT2D eigenvalue weighted by atomic mass is 127. The summed E-state index contributed by atoms with van der Waals surface area (Å²) in [5.41, 5.74) is 5.34. The van der Waals surface area contributed by atoms with Crippen molar-refractivity contribution in [2.45, 2.75) is 54.2 Å². The Kier molecular flexibility index (Phi) is 9.43. The summed E-state index contributed by atoms with van der Waals surface area (Å²) in [6, 6.07) is 3.82. The van der Waals surface area contributed by atoms with Gasteiger partial charge in [0.1, 0.15) is 15.8 Å². The molecule has 2 amide bonds. The van der Waals surface area contributed by atoms with Gasteiger partial charge in [-0.3, -0.25) is 9.59 Å². The molecule has 5 N–H and O–H groups in total. The van der Waals surface area contributed by atoms with Crippen molar-refractivity contribution in [3.63, 3.8) is 0 Å². The van der Waals surface area contributed by atoms with Crippen LogP contribution in [0.2, 0.25) is 5.02 Å². The molecule has 230 valence electrons. The molecule has 8 nitrogen and oxygen atoms in total. The number of fused-ring (bicyclic) bond motifs is 1. The van der Waals surface area contributed by atoms with E-state index in [2.05, 4.69) is 20.9 Å². The average molecular weight is 733 g/mol. The van der Waals surface area contributed by atoms with E-state index in [0.717, 1.165) is 12.3 Å². The summed E-state index contributed by atoms with van der Waals surface area (Å²) in [5, 5.41) is 8.58. The van der Waals surface area contributed by atoms with Crippen LogP contribution in [0.1, 0.15) is 31.9 Å². The molecule has 0 bridgehead atoms. The predicted octanol–water partition coefficient (Wildman–Crippen LogP) is 4.96. The zero-order valence-corrected chi connectivity index (χ0v) is 25.1. The summed E-state index contributed by atoms with van der Waals surface area (Å²) in [6.45, 7) is 0.165. The molecule has 1 aromatic carbocycles. The molecule has 2 aromatic rings. The number of pyridine rings is 1. The van der Waals surface area contributed by atoms with E-state index in [-0.39, 0.29) is 53.1 Å². The molecule has 1 saturated carbocycles. The first-order valence-corrected chi connectivity index (χ1v) is 14.4.